The predicted octanol–water partition coefficient (Wildman–Crippen LogP) is 2.20. The van der Waals surface area contributed by atoms with Crippen LogP contribution in [-0.2, 0) is 16.0 Å². The Hall–Kier alpha value is -2.04. The molecule has 1 aromatic rings. The van der Waals surface area contributed by atoms with Crippen molar-refractivity contribution in [2.45, 2.75) is 26.2 Å². The van der Waals surface area contributed by atoms with E-state index in [-0.39, 0.29) is 12.5 Å². The standard InChI is InChI=1S/C16H23NO4/c1-12(16(19)20)11-17(2)15(18)6-4-5-13-7-9-14(21-3)10-8-13/h7-10,12H,4-6,11H2,1-3H3,(H,19,20). The second kappa shape index (κ2) is 8.29. The Labute approximate surface area is 125 Å². The maximum atomic E-state index is 11.9. The van der Waals surface area contributed by atoms with Gasteiger partial charge in [-0.25, -0.2) is 0 Å². The van der Waals surface area contributed by atoms with Crippen LogP contribution in [-0.4, -0.2) is 42.6 Å². The molecule has 0 aliphatic carbocycles. The fraction of sp³-hybridized carbons (Fsp3) is 0.500. The maximum Gasteiger partial charge on any atom is 0.308 e. The minimum Gasteiger partial charge on any atom is -0.497 e. The second-order valence-electron chi connectivity index (χ2n) is 5.22. The van der Waals surface area contributed by atoms with Gasteiger partial charge >= 0.3 is 5.97 Å². The molecule has 0 saturated carbocycles. The molecule has 0 aromatic heterocycles. The molecular weight excluding hydrogens is 270 g/mol. The van der Waals surface area contributed by atoms with E-state index in [2.05, 4.69) is 0 Å². The summed E-state index contributed by atoms with van der Waals surface area (Å²) < 4.78 is 5.09. The van der Waals surface area contributed by atoms with Crippen LogP contribution in [0.3, 0.4) is 0 Å². The van der Waals surface area contributed by atoms with Gasteiger partial charge in [0, 0.05) is 20.0 Å². The van der Waals surface area contributed by atoms with Crippen LogP contribution < -0.4 is 4.74 Å². The first-order valence-corrected chi connectivity index (χ1v) is 7.03. The number of benzene rings is 1. The lowest BCUT2D eigenvalue weighted by Gasteiger charge is -2.19. The minimum absolute atomic E-state index is 0.0170. The van der Waals surface area contributed by atoms with Gasteiger partial charge in [-0.3, -0.25) is 9.59 Å². The highest BCUT2D eigenvalue weighted by molar-refractivity contribution is 5.77. The molecule has 5 heteroatoms. The summed E-state index contributed by atoms with van der Waals surface area (Å²) in [4.78, 5) is 24.2. The van der Waals surface area contributed by atoms with Crippen molar-refractivity contribution in [2.24, 2.45) is 5.92 Å². The number of carbonyl (C=O) groups is 2. The summed E-state index contributed by atoms with van der Waals surface area (Å²) in [5, 5.41) is 8.83. The highest BCUT2D eigenvalue weighted by atomic mass is 16.5. The first kappa shape index (κ1) is 17.0. The summed E-state index contributed by atoms with van der Waals surface area (Å²) in [5.41, 5.74) is 1.16. The summed E-state index contributed by atoms with van der Waals surface area (Å²) in [7, 11) is 3.27. The van der Waals surface area contributed by atoms with Gasteiger partial charge in [0.05, 0.1) is 13.0 Å². The van der Waals surface area contributed by atoms with E-state index < -0.39 is 11.9 Å². The molecule has 0 bridgehead atoms. The van der Waals surface area contributed by atoms with E-state index in [1.54, 1.807) is 21.1 Å². The van der Waals surface area contributed by atoms with Crippen molar-refractivity contribution < 1.29 is 19.4 Å². The van der Waals surface area contributed by atoms with Gasteiger partial charge in [-0.1, -0.05) is 19.1 Å². The van der Waals surface area contributed by atoms with E-state index in [9.17, 15) is 9.59 Å². The summed E-state index contributed by atoms with van der Waals surface area (Å²) in [6.07, 6.45) is 1.99. The van der Waals surface area contributed by atoms with Crippen LogP contribution in [0.15, 0.2) is 24.3 Å². The Bertz CT molecular complexity index is 470. The largest absolute Gasteiger partial charge is 0.497 e. The molecular formula is C16H23NO4. The fourth-order valence-electron chi connectivity index (χ4n) is 2.02. The number of hydrogen-bond donors (Lipinski definition) is 1. The number of hydrogen-bond acceptors (Lipinski definition) is 3. The van der Waals surface area contributed by atoms with Crippen LogP contribution in [0, 0.1) is 5.92 Å². The van der Waals surface area contributed by atoms with E-state index in [0.717, 1.165) is 24.2 Å². The molecule has 0 fully saturated rings. The Morgan fingerprint density at radius 2 is 1.90 bits per heavy atom. The van der Waals surface area contributed by atoms with Gasteiger partial charge in [0.2, 0.25) is 5.91 Å². The Morgan fingerprint density at radius 1 is 1.29 bits per heavy atom. The van der Waals surface area contributed by atoms with Crippen LogP contribution >= 0.6 is 0 Å². The number of ether oxygens (including phenoxy) is 1. The zero-order chi connectivity index (χ0) is 15.8. The van der Waals surface area contributed by atoms with Gasteiger partial charge in [0.1, 0.15) is 5.75 Å². The van der Waals surface area contributed by atoms with Crippen molar-refractivity contribution in [3.05, 3.63) is 29.8 Å². The highest BCUT2D eigenvalue weighted by Gasteiger charge is 2.16. The van der Waals surface area contributed by atoms with E-state index in [1.807, 2.05) is 24.3 Å². The second-order valence-corrected chi connectivity index (χ2v) is 5.22. The normalized spacial score (nSPS) is 11.8. The first-order chi connectivity index (χ1) is 9.93. The predicted molar refractivity (Wildman–Crippen MR) is 80.4 cm³/mol. The molecule has 21 heavy (non-hydrogen) atoms. The zero-order valence-corrected chi connectivity index (χ0v) is 12.8. The third-order valence-electron chi connectivity index (χ3n) is 3.41. The molecule has 0 saturated heterocycles. The smallest absolute Gasteiger partial charge is 0.308 e. The molecule has 1 amide bonds. The van der Waals surface area contributed by atoms with Crippen LogP contribution in [0.25, 0.3) is 0 Å². The van der Waals surface area contributed by atoms with Gasteiger partial charge in [-0.2, -0.15) is 0 Å². The van der Waals surface area contributed by atoms with Crippen molar-refractivity contribution in [3.8, 4) is 5.75 Å². The summed E-state index contributed by atoms with van der Waals surface area (Å²) in [6.45, 7) is 1.85. The number of rotatable bonds is 8. The molecule has 0 aliphatic rings. The van der Waals surface area contributed by atoms with Gasteiger partial charge in [0.25, 0.3) is 0 Å². The topological polar surface area (TPSA) is 66.8 Å². The number of amides is 1. The minimum atomic E-state index is -0.882. The zero-order valence-electron chi connectivity index (χ0n) is 12.8. The SMILES string of the molecule is COc1ccc(CCCC(=O)N(C)CC(C)C(=O)O)cc1. The molecule has 1 rings (SSSR count). The number of aliphatic carboxylic acids is 1. The van der Waals surface area contributed by atoms with Crippen LogP contribution in [0.1, 0.15) is 25.3 Å². The fourth-order valence-corrected chi connectivity index (χ4v) is 2.02. The average molecular weight is 293 g/mol. The average Bonchev–Trinajstić information content (AvgIpc) is 2.47. The number of carboxylic acids is 1. The summed E-state index contributed by atoms with van der Waals surface area (Å²) in [5.74, 6) is -0.623. The lowest BCUT2D eigenvalue weighted by molar-refractivity contribution is -0.142. The Kier molecular flexibility index (Phi) is 6.72. The third kappa shape index (κ3) is 5.85. The molecule has 1 N–H and O–H groups in total. The molecule has 1 aromatic carbocycles. The lowest BCUT2D eigenvalue weighted by atomic mass is 10.1. The number of aryl methyl sites for hydroxylation is 1. The molecule has 1 unspecified atom stereocenters. The van der Waals surface area contributed by atoms with Crippen LogP contribution in [0.2, 0.25) is 0 Å². The number of nitrogens with zero attached hydrogens (tertiary/aromatic N) is 1. The van der Waals surface area contributed by atoms with Gasteiger partial charge in [-0.05, 0) is 30.5 Å². The Balaban J connectivity index is 2.33. The molecule has 0 radical (unpaired) electrons. The number of carbonyl (C=O) groups excluding carboxylic acids is 1. The quantitative estimate of drug-likeness (QED) is 0.798. The molecule has 0 heterocycles. The highest BCUT2D eigenvalue weighted by Crippen LogP contribution is 2.13. The van der Waals surface area contributed by atoms with Gasteiger partial charge < -0.3 is 14.7 Å². The number of methoxy groups -OCH3 is 1. The molecule has 116 valence electrons. The Morgan fingerprint density at radius 3 is 2.43 bits per heavy atom. The van der Waals surface area contributed by atoms with E-state index in [0.29, 0.717) is 6.42 Å². The summed E-state index contributed by atoms with van der Waals surface area (Å²) in [6, 6.07) is 7.77. The van der Waals surface area contributed by atoms with E-state index >= 15 is 0 Å². The van der Waals surface area contributed by atoms with Crippen molar-refractivity contribution in [1.82, 2.24) is 4.90 Å². The lowest BCUT2D eigenvalue weighted by Crippen LogP contribution is -2.33. The molecule has 5 nitrogen and oxygen atoms in total. The molecule has 1 atom stereocenters. The summed E-state index contributed by atoms with van der Waals surface area (Å²) >= 11 is 0. The van der Waals surface area contributed by atoms with Gasteiger partial charge in [-0.15, -0.1) is 0 Å². The van der Waals surface area contributed by atoms with Crippen molar-refractivity contribution in [3.63, 3.8) is 0 Å². The van der Waals surface area contributed by atoms with E-state index in [1.165, 1.54) is 4.90 Å². The maximum absolute atomic E-state index is 11.9. The van der Waals surface area contributed by atoms with Crippen molar-refractivity contribution in [2.75, 3.05) is 20.7 Å². The van der Waals surface area contributed by atoms with Crippen LogP contribution in [0.4, 0.5) is 0 Å². The van der Waals surface area contributed by atoms with Gasteiger partial charge in [0.15, 0.2) is 0 Å². The first-order valence-electron chi connectivity index (χ1n) is 7.03. The van der Waals surface area contributed by atoms with Crippen LogP contribution in [0.5, 0.6) is 5.75 Å². The molecule has 0 spiro atoms. The van der Waals surface area contributed by atoms with E-state index in [4.69, 9.17) is 9.84 Å². The number of carboxylic acid groups (broad SMARTS) is 1. The van der Waals surface area contributed by atoms with Crippen molar-refractivity contribution in [1.29, 1.82) is 0 Å². The van der Waals surface area contributed by atoms with Crippen molar-refractivity contribution >= 4 is 11.9 Å². The third-order valence-corrected chi connectivity index (χ3v) is 3.41. The molecule has 0 aliphatic heterocycles. The monoisotopic (exact) mass is 293 g/mol.